The SMILES string of the molecule is CCOC(=O)CCN1CCC(Nc2cccc3c2cc(C#CCNc2ccc(C(=O)NC)cc2OC)n3CC(F)(F)F)CC1. The molecule has 1 aliphatic rings. The highest BCUT2D eigenvalue weighted by Crippen LogP contribution is 2.31. The molecule has 1 fully saturated rings. The summed E-state index contributed by atoms with van der Waals surface area (Å²) in [5, 5.41) is 9.87. The largest absolute Gasteiger partial charge is 0.495 e. The predicted octanol–water partition coefficient (Wildman–Crippen LogP) is 4.86. The fraction of sp³-hybridized carbons (Fsp3) is 0.438. The molecule has 0 spiro atoms. The van der Waals surface area contributed by atoms with E-state index in [1.165, 1.54) is 18.7 Å². The lowest BCUT2D eigenvalue weighted by Crippen LogP contribution is -2.40. The van der Waals surface area contributed by atoms with E-state index in [0.29, 0.717) is 47.5 Å². The van der Waals surface area contributed by atoms with Gasteiger partial charge in [-0.2, -0.15) is 13.2 Å². The van der Waals surface area contributed by atoms with Crippen molar-refractivity contribution in [3.05, 3.63) is 53.7 Å². The second kappa shape index (κ2) is 14.9. The highest BCUT2D eigenvalue weighted by Gasteiger charge is 2.30. The Hall–Kier alpha value is -4.37. The molecule has 236 valence electrons. The van der Waals surface area contributed by atoms with E-state index in [-0.39, 0.29) is 30.2 Å². The minimum absolute atomic E-state index is 0.142. The van der Waals surface area contributed by atoms with Crippen LogP contribution in [0.3, 0.4) is 0 Å². The normalized spacial score (nSPS) is 14.0. The maximum absolute atomic E-state index is 13.6. The summed E-state index contributed by atoms with van der Waals surface area (Å²) < 4.78 is 52.5. The van der Waals surface area contributed by atoms with Crippen LogP contribution in [0.1, 0.15) is 42.2 Å². The second-order valence-corrected chi connectivity index (χ2v) is 10.4. The molecule has 0 saturated carbocycles. The van der Waals surface area contributed by atoms with Crippen LogP contribution in [0.4, 0.5) is 24.5 Å². The zero-order valence-corrected chi connectivity index (χ0v) is 25.1. The summed E-state index contributed by atoms with van der Waals surface area (Å²) in [6, 6.07) is 12.1. The number of nitrogens with one attached hydrogen (secondary N) is 3. The number of anilines is 2. The number of halogens is 3. The minimum Gasteiger partial charge on any atom is -0.495 e. The van der Waals surface area contributed by atoms with Gasteiger partial charge in [0.1, 0.15) is 12.3 Å². The average Bonchev–Trinajstić information content (AvgIpc) is 3.35. The number of fused-ring (bicyclic) bond motifs is 1. The number of piperidine rings is 1. The predicted molar refractivity (Wildman–Crippen MR) is 164 cm³/mol. The number of methoxy groups -OCH3 is 1. The molecule has 12 heteroatoms. The Balaban J connectivity index is 1.48. The molecule has 0 radical (unpaired) electrons. The first-order chi connectivity index (χ1) is 21.1. The van der Waals surface area contributed by atoms with E-state index in [0.717, 1.165) is 31.6 Å². The van der Waals surface area contributed by atoms with E-state index in [1.54, 1.807) is 43.3 Å². The number of hydrogen-bond donors (Lipinski definition) is 3. The lowest BCUT2D eigenvalue weighted by atomic mass is 10.0. The van der Waals surface area contributed by atoms with Gasteiger partial charge in [0.2, 0.25) is 0 Å². The molecular formula is C32H38F3N5O4. The van der Waals surface area contributed by atoms with Crippen molar-refractivity contribution in [2.24, 2.45) is 0 Å². The van der Waals surface area contributed by atoms with Crippen LogP contribution in [0.25, 0.3) is 10.9 Å². The molecule has 3 aromatic rings. The number of carbonyl (C=O) groups excluding carboxylic acids is 2. The molecule has 1 aromatic heterocycles. The number of benzene rings is 2. The van der Waals surface area contributed by atoms with Crippen LogP contribution in [-0.2, 0) is 16.1 Å². The fourth-order valence-corrected chi connectivity index (χ4v) is 5.26. The van der Waals surface area contributed by atoms with Gasteiger partial charge in [0, 0.05) is 49.4 Å². The standard InChI is InChI=1S/C32H38F3N5O4/c1-4-44-30(41)14-18-39-16-12-23(13-17-39)38-26-8-5-9-28-25(26)20-24(40(28)21-32(33,34)35)7-6-15-37-27-11-10-22(31(42)36-2)19-29(27)43-3/h5,8-11,19-20,23,37-38H,4,12-18,21H2,1-3H3,(H,36,42). The molecule has 0 bridgehead atoms. The van der Waals surface area contributed by atoms with Gasteiger partial charge in [-0.15, -0.1) is 0 Å². The molecular weight excluding hydrogens is 575 g/mol. The topological polar surface area (TPSA) is 96.9 Å². The molecule has 9 nitrogen and oxygen atoms in total. The number of alkyl halides is 3. The summed E-state index contributed by atoms with van der Waals surface area (Å²) in [4.78, 5) is 25.8. The highest BCUT2D eigenvalue weighted by molar-refractivity contribution is 5.95. The number of amides is 1. The van der Waals surface area contributed by atoms with E-state index < -0.39 is 12.7 Å². The summed E-state index contributed by atoms with van der Waals surface area (Å²) in [6.45, 7) is 3.41. The molecule has 3 N–H and O–H groups in total. The molecule has 2 heterocycles. The molecule has 0 unspecified atom stereocenters. The van der Waals surface area contributed by atoms with E-state index in [2.05, 4.69) is 32.7 Å². The third kappa shape index (κ3) is 8.60. The Labute approximate surface area is 255 Å². The summed E-state index contributed by atoms with van der Waals surface area (Å²) >= 11 is 0. The number of esters is 1. The summed E-state index contributed by atoms with van der Waals surface area (Å²) in [7, 11) is 3.02. The number of hydrogen-bond acceptors (Lipinski definition) is 7. The molecule has 4 rings (SSSR count). The van der Waals surface area contributed by atoms with Gasteiger partial charge in [-0.05, 0) is 62.1 Å². The monoisotopic (exact) mass is 613 g/mol. The van der Waals surface area contributed by atoms with Gasteiger partial charge >= 0.3 is 12.1 Å². The number of aromatic nitrogens is 1. The third-order valence-electron chi connectivity index (χ3n) is 7.44. The fourth-order valence-electron chi connectivity index (χ4n) is 5.26. The lowest BCUT2D eigenvalue weighted by molar-refractivity contribution is -0.143. The smallest absolute Gasteiger partial charge is 0.406 e. The number of rotatable bonds is 11. The molecule has 2 aromatic carbocycles. The Bertz CT molecular complexity index is 1520. The van der Waals surface area contributed by atoms with Gasteiger partial charge in [0.05, 0.1) is 43.6 Å². The van der Waals surface area contributed by atoms with Crippen LogP contribution in [0.2, 0.25) is 0 Å². The van der Waals surface area contributed by atoms with Crippen LogP contribution >= 0.6 is 0 Å². The quantitative estimate of drug-likeness (QED) is 0.210. The van der Waals surface area contributed by atoms with Crippen LogP contribution in [0.15, 0.2) is 42.5 Å². The van der Waals surface area contributed by atoms with E-state index in [9.17, 15) is 22.8 Å². The maximum atomic E-state index is 13.6. The van der Waals surface area contributed by atoms with E-state index in [4.69, 9.17) is 9.47 Å². The summed E-state index contributed by atoms with van der Waals surface area (Å²) in [5.41, 5.74) is 2.49. The average molecular weight is 614 g/mol. The first-order valence-corrected chi connectivity index (χ1v) is 14.6. The minimum atomic E-state index is -4.43. The molecule has 1 amide bonds. The Kier molecular flexibility index (Phi) is 11.0. The Morgan fingerprint density at radius 2 is 1.86 bits per heavy atom. The van der Waals surface area contributed by atoms with Crippen molar-refractivity contribution < 1.29 is 32.2 Å². The van der Waals surface area contributed by atoms with Crippen molar-refractivity contribution in [1.82, 2.24) is 14.8 Å². The van der Waals surface area contributed by atoms with Crippen LogP contribution < -0.4 is 20.7 Å². The van der Waals surface area contributed by atoms with E-state index in [1.807, 2.05) is 6.07 Å². The van der Waals surface area contributed by atoms with Crippen molar-refractivity contribution in [3.8, 4) is 17.6 Å². The van der Waals surface area contributed by atoms with Crippen molar-refractivity contribution in [2.45, 2.75) is 44.9 Å². The second-order valence-electron chi connectivity index (χ2n) is 10.4. The maximum Gasteiger partial charge on any atom is 0.406 e. The van der Waals surface area contributed by atoms with Crippen molar-refractivity contribution in [2.75, 3.05) is 57.6 Å². The van der Waals surface area contributed by atoms with Gasteiger partial charge in [-0.3, -0.25) is 9.59 Å². The van der Waals surface area contributed by atoms with Crippen LogP contribution in [-0.4, -0.2) is 80.5 Å². The van der Waals surface area contributed by atoms with Gasteiger partial charge in [0.25, 0.3) is 5.91 Å². The molecule has 0 atom stereocenters. The van der Waals surface area contributed by atoms with Gasteiger partial charge in [-0.25, -0.2) is 0 Å². The summed E-state index contributed by atoms with van der Waals surface area (Å²) in [5.74, 6) is 5.83. The number of likely N-dealkylation sites (tertiary alicyclic amines) is 1. The van der Waals surface area contributed by atoms with Crippen LogP contribution in [0, 0.1) is 11.8 Å². The lowest BCUT2D eigenvalue weighted by Gasteiger charge is -2.32. The number of ether oxygens (including phenoxy) is 2. The van der Waals surface area contributed by atoms with Crippen LogP contribution in [0.5, 0.6) is 5.75 Å². The first kappa shape index (κ1) is 32.5. The number of carbonyl (C=O) groups is 2. The molecule has 1 saturated heterocycles. The first-order valence-electron chi connectivity index (χ1n) is 14.6. The van der Waals surface area contributed by atoms with Crippen molar-refractivity contribution in [3.63, 3.8) is 0 Å². The zero-order valence-electron chi connectivity index (χ0n) is 25.1. The molecule has 0 aliphatic carbocycles. The number of nitrogens with zero attached hydrogens (tertiary/aromatic N) is 2. The zero-order chi connectivity index (χ0) is 31.7. The Morgan fingerprint density at radius 1 is 1.09 bits per heavy atom. The van der Waals surface area contributed by atoms with E-state index >= 15 is 0 Å². The van der Waals surface area contributed by atoms with Crippen molar-refractivity contribution in [1.29, 1.82) is 0 Å². The molecule has 44 heavy (non-hydrogen) atoms. The van der Waals surface area contributed by atoms with Gasteiger partial charge < -0.3 is 34.9 Å². The van der Waals surface area contributed by atoms with Gasteiger partial charge in [0.15, 0.2) is 0 Å². The third-order valence-corrected chi connectivity index (χ3v) is 7.44. The summed E-state index contributed by atoms with van der Waals surface area (Å²) in [6.07, 6.45) is -2.39. The van der Waals surface area contributed by atoms with Crippen molar-refractivity contribution >= 4 is 34.2 Å². The van der Waals surface area contributed by atoms with Gasteiger partial charge in [-0.1, -0.05) is 12.0 Å². The molecule has 1 aliphatic heterocycles. The highest BCUT2D eigenvalue weighted by atomic mass is 19.4. The Morgan fingerprint density at radius 3 is 2.55 bits per heavy atom.